The highest BCUT2D eigenvalue weighted by atomic mass is 35.5. The molecule has 0 fully saturated rings. The Morgan fingerprint density at radius 3 is 2.37 bits per heavy atom. The average molecular weight is 422 g/mol. The maximum absolute atomic E-state index is 13.2. The van der Waals surface area contributed by atoms with E-state index in [1.165, 1.54) is 0 Å². The zero-order chi connectivity index (χ0) is 21.3. The molecule has 1 heterocycles. The molecule has 0 saturated heterocycles. The first-order valence-corrected chi connectivity index (χ1v) is 10.3. The highest BCUT2D eigenvalue weighted by Gasteiger charge is 2.50. The number of carbonyl (C=O) groups excluding carboxylic acids is 1. The van der Waals surface area contributed by atoms with Gasteiger partial charge in [-0.2, -0.15) is 0 Å². The molecule has 0 bridgehead atoms. The summed E-state index contributed by atoms with van der Waals surface area (Å²) in [5.41, 5.74) is 3.05. The molecule has 3 aromatic carbocycles. The lowest BCUT2D eigenvalue weighted by molar-refractivity contribution is 0.0246. The van der Waals surface area contributed by atoms with E-state index in [2.05, 4.69) is 11.0 Å². The Morgan fingerprint density at radius 2 is 1.67 bits per heavy atom. The van der Waals surface area contributed by atoms with Crippen LogP contribution in [-0.4, -0.2) is 31.6 Å². The molecule has 30 heavy (non-hydrogen) atoms. The molecule has 4 rings (SSSR count). The molecule has 154 valence electrons. The van der Waals surface area contributed by atoms with Gasteiger partial charge in [-0.15, -0.1) is 0 Å². The molecule has 1 unspecified atom stereocenters. The number of carbonyl (C=O) groups is 1. The molecular weight excluding hydrogens is 398 g/mol. The normalized spacial score (nSPS) is 17.7. The number of hydrogen-bond donors (Lipinski definition) is 0. The third kappa shape index (κ3) is 3.36. The number of esters is 1. The highest BCUT2D eigenvalue weighted by molar-refractivity contribution is 6.30. The molecule has 0 aliphatic carbocycles. The number of hydrogen-bond acceptors (Lipinski definition) is 4. The quantitative estimate of drug-likeness (QED) is 0.509. The monoisotopic (exact) mass is 421 g/mol. The van der Waals surface area contributed by atoms with Crippen molar-refractivity contribution < 1.29 is 14.3 Å². The molecule has 0 aromatic heterocycles. The van der Waals surface area contributed by atoms with Crippen molar-refractivity contribution in [1.29, 1.82) is 0 Å². The number of benzene rings is 3. The minimum absolute atomic E-state index is 0.386. The summed E-state index contributed by atoms with van der Waals surface area (Å²) in [6, 6.07) is 21.2. The summed E-state index contributed by atoms with van der Waals surface area (Å²) in [6.45, 7) is 3.08. The summed E-state index contributed by atoms with van der Waals surface area (Å²) in [4.78, 5) is 15.3. The Labute approximate surface area is 182 Å². The Kier molecular flexibility index (Phi) is 5.54. The van der Waals surface area contributed by atoms with Gasteiger partial charge in [-0.3, -0.25) is 0 Å². The Bertz CT molecular complexity index is 1080. The number of rotatable bonds is 6. The summed E-state index contributed by atoms with van der Waals surface area (Å²) in [5.74, 6) is 0.157. The van der Waals surface area contributed by atoms with Gasteiger partial charge >= 0.3 is 5.97 Å². The fourth-order valence-corrected chi connectivity index (χ4v) is 4.28. The maximum Gasteiger partial charge on any atom is 0.343 e. The summed E-state index contributed by atoms with van der Waals surface area (Å²) >= 11 is 6.17. The van der Waals surface area contributed by atoms with Gasteiger partial charge in [0.1, 0.15) is 11.3 Å². The number of fused-ring (bicyclic) bond motifs is 1. The molecule has 0 radical (unpaired) electrons. The minimum atomic E-state index is -1.07. The molecule has 1 aliphatic heterocycles. The predicted octanol–water partition coefficient (Wildman–Crippen LogP) is 5.26. The van der Waals surface area contributed by atoms with Crippen LogP contribution in [0.4, 0.5) is 0 Å². The van der Waals surface area contributed by atoms with Crippen LogP contribution in [0.3, 0.4) is 0 Å². The van der Waals surface area contributed by atoms with Crippen molar-refractivity contribution >= 4 is 17.6 Å². The van der Waals surface area contributed by atoms with Crippen molar-refractivity contribution in [3.05, 3.63) is 99.6 Å². The minimum Gasteiger partial charge on any atom is -0.493 e. The maximum atomic E-state index is 13.2. The predicted molar refractivity (Wildman–Crippen MR) is 118 cm³/mol. The standard InChI is InChI=1S/C25H24ClNO3/c1-4-29-22-11-7-10-21-23(22)24(28)30-25(21,18-12-14-19(26)15-13-18)20-9-6-5-8-17(20)16-27(2)3/h5-15H,4,16H2,1-3H3. The average Bonchev–Trinajstić information content (AvgIpc) is 3.03. The highest BCUT2D eigenvalue weighted by Crippen LogP contribution is 2.50. The molecule has 0 spiro atoms. The number of nitrogens with zero attached hydrogens (tertiary/aromatic N) is 1. The second-order valence-corrected chi connectivity index (χ2v) is 8.02. The van der Waals surface area contributed by atoms with E-state index in [1.807, 2.05) is 81.7 Å². The van der Waals surface area contributed by atoms with E-state index in [0.717, 1.165) is 22.3 Å². The Balaban J connectivity index is 2.04. The van der Waals surface area contributed by atoms with Gasteiger partial charge in [0, 0.05) is 28.3 Å². The number of cyclic esters (lactones) is 1. The fourth-order valence-electron chi connectivity index (χ4n) is 4.15. The van der Waals surface area contributed by atoms with Crippen LogP contribution in [0.1, 0.15) is 39.5 Å². The zero-order valence-corrected chi connectivity index (χ0v) is 18.1. The van der Waals surface area contributed by atoms with Crippen LogP contribution < -0.4 is 4.74 Å². The van der Waals surface area contributed by atoms with Crippen molar-refractivity contribution in [3.63, 3.8) is 0 Å². The zero-order valence-electron chi connectivity index (χ0n) is 17.3. The van der Waals surface area contributed by atoms with Crippen LogP contribution in [0.2, 0.25) is 5.02 Å². The van der Waals surface area contributed by atoms with E-state index in [0.29, 0.717) is 29.5 Å². The topological polar surface area (TPSA) is 38.8 Å². The molecule has 1 atom stereocenters. The van der Waals surface area contributed by atoms with E-state index >= 15 is 0 Å². The first-order valence-electron chi connectivity index (χ1n) is 9.96. The molecule has 1 aliphatic rings. The van der Waals surface area contributed by atoms with Gasteiger partial charge in [0.25, 0.3) is 0 Å². The van der Waals surface area contributed by atoms with E-state index in [9.17, 15) is 4.79 Å². The smallest absolute Gasteiger partial charge is 0.343 e. The molecule has 5 heteroatoms. The van der Waals surface area contributed by atoms with Gasteiger partial charge in [-0.1, -0.05) is 60.1 Å². The van der Waals surface area contributed by atoms with Crippen molar-refractivity contribution in [1.82, 2.24) is 4.90 Å². The van der Waals surface area contributed by atoms with Gasteiger partial charge in [-0.25, -0.2) is 4.79 Å². The van der Waals surface area contributed by atoms with Crippen LogP contribution in [0.15, 0.2) is 66.7 Å². The van der Waals surface area contributed by atoms with E-state index in [4.69, 9.17) is 21.1 Å². The van der Waals surface area contributed by atoms with Crippen molar-refractivity contribution in [2.75, 3.05) is 20.7 Å². The largest absolute Gasteiger partial charge is 0.493 e. The lowest BCUT2D eigenvalue weighted by Crippen LogP contribution is -2.31. The molecule has 0 saturated carbocycles. The van der Waals surface area contributed by atoms with Crippen molar-refractivity contribution in [3.8, 4) is 5.75 Å². The summed E-state index contributed by atoms with van der Waals surface area (Å²) in [5, 5.41) is 0.628. The first-order chi connectivity index (χ1) is 14.5. The fraction of sp³-hybridized carbons (Fsp3) is 0.240. The summed E-state index contributed by atoms with van der Waals surface area (Å²) < 4.78 is 12.0. The Hall–Kier alpha value is -2.82. The third-order valence-corrected chi connectivity index (χ3v) is 5.54. The van der Waals surface area contributed by atoms with Gasteiger partial charge in [0.15, 0.2) is 5.60 Å². The summed E-state index contributed by atoms with van der Waals surface area (Å²) in [6.07, 6.45) is 0. The van der Waals surface area contributed by atoms with Gasteiger partial charge < -0.3 is 14.4 Å². The van der Waals surface area contributed by atoms with Crippen LogP contribution in [-0.2, 0) is 16.9 Å². The van der Waals surface area contributed by atoms with Crippen LogP contribution in [0, 0.1) is 0 Å². The Morgan fingerprint density at radius 1 is 0.967 bits per heavy atom. The molecule has 4 nitrogen and oxygen atoms in total. The van der Waals surface area contributed by atoms with Crippen LogP contribution >= 0.6 is 11.6 Å². The SMILES string of the molecule is CCOc1cccc2c1C(=O)OC2(c1ccc(Cl)cc1)c1ccccc1CN(C)C. The summed E-state index contributed by atoms with van der Waals surface area (Å²) in [7, 11) is 4.04. The van der Waals surface area contributed by atoms with E-state index in [1.54, 1.807) is 0 Å². The van der Waals surface area contributed by atoms with Gasteiger partial charge in [-0.05, 0) is 44.8 Å². The molecular formula is C25H24ClNO3. The van der Waals surface area contributed by atoms with Crippen molar-refractivity contribution in [2.24, 2.45) is 0 Å². The number of halogens is 1. The molecule has 3 aromatic rings. The second kappa shape index (κ2) is 8.13. The third-order valence-electron chi connectivity index (χ3n) is 5.29. The number of ether oxygens (including phenoxy) is 2. The van der Waals surface area contributed by atoms with Crippen LogP contribution in [0.25, 0.3) is 0 Å². The second-order valence-electron chi connectivity index (χ2n) is 7.58. The molecule has 0 N–H and O–H groups in total. The van der Waals surface area contributed by atoms with E-state index < -0.39 is 5.60 Å². The molecule has 0 amide bonds. The van der Waals surface area contributed by atoms with Crippen LogP contribution in [0.5, 0.6) is 5.75 Å². The van der Waals surface area contributed by atoms with Crippen molar-refractivity contribution in [2.45, 2.75) is 19.1 Å². The lowest BCUT2D eigenvalue weighted by Gasteiger charge is -2.32. The lowest BCUT2D eigenvalue weighted by atomic mass is 9.78. The van der Waals surface area contributed by atoms with Gasteiger partial charge in [0.2, 0.25) is 0 Å². The van der Waals surface area contributed by atoms with Gasteiger partial charge in [0.05, 0.1) is 6.61 Å². The first kappa shape index (κ1) is 20.5. The van der Waals surface area contributed by atoms with E-state index in [-0.39, 0.29) is 5.97 Å².